The molecule has 22 heavy (non-hydrogen) atoms. The van der Waals surface area contributed by atoms with Crippen molar-refractivity contribution in [3.8, 4) is 0 Å². The number of imidazole rings is 1. The second-order valence-electron chi connectivity index (χ2n) is 5.69. The number of aryl methyl sites for hydroxylation is 1. The Balaban J connectivity index is 1.65. The van der Waals surface area contributed by atoms with E-state index in [0.29, 0.717) is 12.5 Å². The number of aliphatic hydroxyl groups excluding tert-OH is 1. The zero-order chi connectivity index (χ0) is 15.5. The van der Waals surface area contributed by atoms with Crippen molar-refractivity contribution < 1.29 is 5.11 Å². The van der Waals surface area contributed by atoms with Crippen LogP contribution in [0, 0.1) is 6.92 Å². The summed E-state index contributed by atoms with van der Waals surface area (Å²) in [6.07, 6.45) is 6.12. The molecule has 1 aliphatic rings. The Bertz CT molecular complexity index is 628. The Kier molecular flexibility index (Phi) is 4.24. The first-order chi connectivity index (χ1) is 10.6. The Morgan fingerprint density at radius 2 is 2.23 bits per heavy atom. The molecule has 0 radical (unpaired) electrons. The Morgan fingerprint density at radius 3 is 2.91 bits per heavy atom. The second-order valence-corrected chi connectivity index (χ2v) is 5.69. The number of aliphatic hydroxyl groups is 1. The summed E-state index contributed by atoms with van der Waals surface area (Å²) in [6.45, 7) is 5.14. The van der Waals surface area contributed by atoms with E-state index in [1.807, 2.05) is 37.3 Å². The highest BCUT2D eigenvalue weighted by molar-refractivity contribution is 5.44. The molecule has 1 atom stereocenters. The largest absolute Gasteiger partial charge is 0.391 e. The number of rotatable bonds is 5. The summed E-state index contributed by atoms with van der Waals surface area (Å²) < 4.78 is 2.11. The Labute approximate surface area is 130 Å². The van der Waals surface area contributed by atoms with Crippen LogP contribution < -0.4 is 9.80 Å². The van der Waals surface area contributed by atoms with Gasteiger partial charge in [0.2, 0.25) is 5.95 Å². The summed E-state index contributed by atoms with van der Waals surface area (Å²) in [7, 11) is 1.99. The fourth-order valence-electron chi connectivity index (χ4n) is 2.65. The van der Waals surface area contributed by atoms with E-state index in [1.165, 1.54) is 0 Å². The maximum absolute atomic E-state index is 9.65. The number of likely N-dealkylation sites (N-methyl/N-ethyl adjacent to an activating group) is 1. The smallest absolute Gasteiger partial charge is 0.227 e. The summed E-state index contributed by atoms with van der Waals surface area (Å²) in [5.74, 6) is 2.60. The molecule has 2 aromatic heterocycles. The number of aromatic nitrogens is 4. The summed E-state index contributed by atoms with van der Waals surface area (Å²) >= 11 is 0. The van der Waals surface area contributed by atoms with Gasteiger partial charge in [0.05, 0.1) is 6.10 Å². The van der Waals surface area contributed by atoms with Gasteiger partial charge in [-0.3, -0.25) is 0 Å². The molecule has 3 rings (SSSR count). The molecule has 7 heteroatoms. The summed E-state index contributed by atoms with van der Waals surface area (Å²) in [5.41, 5.74) is 0. The summed E-state index contributed by atoms with van der Waals surface area (Å²) in [5, 5.41) is 9.65. The van der Waals surface area contributed by atoms with Gasteiger partial charge in [0.25, 0.3) is 0 Å². The molecule has 118 valence electrons. The zero-order valence-corrected chi connectivity index (χ0v) is 13.1. The van der Waals surface area contributed by atoms with Gasteiger partial charge < -0.3 is 19.5 Å². The first-order valence-corrected chi connectivity index (χ1v) is 7.58. The lowest BCUT2D eigenvalue weighted by molar-refractivity contribution is 0.198. The number of nitrogens with zero attached hydrogens (tertiary/aromatic N) is 6. The van der Waals surface area contributed by atoms with E-state index in [2.05, 4.69) is 24.4 Å². The van der Waals surface area contributed by atoms with Gasteiger partial charge in [-0.25, -0.2) is 9.97 Å². The van der Waals surface area contributed by atoms with Crippen LogP contribution in [0.25, 0.3) is 0 Å². The molecule has 1 aliphatic heterocycles. The van der Waals surface area contributed by atoms with Gasteiger partial charge in [-0.05, 0) is 19.4 Å². The van der Waals surface area contributed by atoms with Crippen LogP contribution in [-0.2, 0) is 6.54 Å². The lowest BCUT2D eigenvalue weighted by Crippen LogP contribution is -2.27. The topological polar surface area (TPSA) is 70.3 Å². The van der Waals surface area contributed by atoms with Gasteiger partial charge in [0.1, 0.15) is 11.6 Å². The van der Waals surface area contributed by atoms with Crippen molar-refractivity contribution in [3.05, 3.63) is 30.5 Å². The maximum Gasteiger partial charge on any atom is 0.227 e. The molecule has 0 saturated carbocycles. The van der Waals surface area contributed by atoms with Crippen LogP contribution in [0.1, 0.15) is 12.2 Å². The summed E-state index contributed by atoms with van der Waals surface area (Å²) in [4.78, 5) is 17.3. The van der Waals surface area contributed by atoms with E-state index in [0.717, 1.165) is 37.7 Å². The van der Waals surface area contributed by atoms with Gasteiger partial charge >= 0.3 is 0 Å². The van der Waals surface area contributed by atoms with Crippen molar-refractivity contribution in [1.29, 1.82) is 0 Å². The molecule has 0 spiro atoms. The van der Waals surface area contributed by atoms with Crippen LogP contribution in [0.15, 0.2) is 24.7 Å². The molecule has 7 nitrogen and oxygen atoms in total. The molecule has 1 N–H and O–H groups in total. The zero-order valence-electron chi connectivity index (χ0n) is 13.1. The van der Waals surface area contributed by atoms with Crippen LogP contribution in [0.4, 0.5) is 11.8 Å². The molecule has 0 aliphatic carbocycles. The molecule has 0 amide bonds. The van der Waals surface area contributed by atoms with Crippen molar-refractivity contribution >= 4 is 11.8 Å². The van der Waals surface area contributed by atoms with E-state index < -0.39 is 0 Å². The van der Waals surface area contributed by atoms with E-state index in [9.17, 15) is 5.11 Å². The third-order valence-electron chi connectivity index (χ3n) is 4.06. The van der Waals surface area contributed by atoms with E-state index in [4.69, 9.17) is 0 Å². The minimum absolute atomic E-state index is 0.250. The van der Waals surface area contributed by atoms with Crippen molar-refractivity contribution in [2.45, 2.75) is 26.0 Å². The summed E-state index contributed by atoms with van der Waals surface area (Å²) in [6, 6.07) is 1.90. The van der Waals surface area contributed by atoms with Crippen LogP contribution in [-0.4, -0.2) is 57.4 Å². The molecule has 2 aromatic rings. The fourth-order valence-corrected chi connectivity index (χ4v) is 2.65. The molecule has 1 fully saturated rings. The highest BCUT2D eigenvalue weighted by Crippen LogP contribution is 2.19. The molecule has 0 bridgehead atoms. The number of β-amino-alcohol motifs (C(OH)–C–C–N with tert-alkyl or cyclic N) is 1. The standard InChI is InChI=1S/C15H22N6O/c1-12-16-6-8-20(12)10-9-19(2)15-17-5-3-14(18-15)21-7-4-13(22)11-21/h3,5-6,8,13,22H,4,7,9-11H2,1-2H3. The molecule has 1 saturated heterocycles. The third kappa shape index (κ3) is 3.19. The maximum atomic E-state index is 9.65. The average molecular weight is 302 g/mol. The Hall–Kier alpha value is -2.15. The van der Waals surface area contributed by atoms with Crippen LogP contribution >= 0.6 is 0 Å². The quantitative estimate of drug-likeness (QED) is 0.876. The second kappa shape index (κ2) is 6.31. The van der Waals surface area contributed by atoms with Gasteiger partial charge in [-0.15, -0.1) is 0 Å². The molecule has 1 unspecified atom stereocenters. The highest BCUT2D eigenvalue weighted by atomic mass is 16.3. The van der Waals surface area contributed by atoms with Crippen LogP contribution in [0.3, 0.4) is 0 Å². The molecular weight excluding hydrogens is 280 g/mol. The minimum Gasteiger partial charge on any atom is -0.391 e. The highest BCUT2D eigenvalue weighted by Gasteiger charge is 2.21. The average Bonchev–Trinajstić information content (AvgIpc) is 3.13. The SMILES string of the molecule is Cc1nccn1CCN(C)c1nccc(N2CCC(O)C2)n1. The van der Waals surface area contributed by atoms with E-state index in [-0.39, 0.29) is 6.10 Å². The lowest BCUT2D eigenvalue weighted by atomic mass is 10.3. The Morgan fingerprint density at radius 1 is 1.36 bits per heavy atom. The monoisotopic (exact) mass is 302 g/mol. The normalized spacial score (nSPS) is 18.0. The minimum atomic E-state index is -0.250. The number of hydrogen-bond acceptors (Lipinski definition) is 6. The van der Waals surface area contributed by atoms with Crippen molar-refractivity contribution in [2.75, 3.05) is 36.5 Å². The molecule has 0 aromatic carbocycles. The number of hydrogen-bond donors (Lipinski definition) is 1. The number of anilines is 2. The van der Waals surface area contributed by atoms with E-state index >= 15 is 0 Å². The van der Waals surface area contributed by atoms with Crippen molar-refractivity contribution in [1.82, 2.24) is 19.5 Å². The molecular formula is C15H22N6O. The first kappa shape index (κ1) is 14.8. The first-order valence-electron chi connectivity index (χ1n) is 7.58. The van der Waals surface area contributed by atoms with Gasteiger partial charge in [0.15, 0.2) is 0 Å². The van der Waals surface area contributed by atoms with Crippen molar-refractivity contribution in [2.24, 2.45) is 0 Å². The van der Waals surface area contributed by atoms with Crippen LogP contribution in [0.2, 0.25) is 0 Å². The lowest BCUT2D eigenvalue weighted by Gasteiger charge is -2.21. The van der Waals surface area contributed by atoms with Gasteiger partial charge in [0, 0.05) is 51.8 Å². The fraction of sp³-hybridized carbons (Fsp3) is 0.533. The third-order valence-corrected chi connectivity index (χ3v) is 4.06. The van der Waals surface area contributed by atoms with Crippen LogP contribution in [0.5, 0.6) is 0 Å². The predicted molar refractivity (Wildman–Crippen MR) is 85.1 cm³/mol. The van der Waals surface area contributed by atoms with E-state index in [1.54, 1.807) is 6.20 Å². The molecule has 3 heterocycles. The van der Waals surface area contributed by atoms with Crippen molar-refractivity contribution in [3.63, 3.8) is 0 Å². The predicted octanol–water partition coefficient (Wildman–Crippen LogP) is 0.689. The van der Waals surface area contributed by atoms with Gasteiger partial charge in [-0.1, -0.05) is 0 Å². The van der Waals surface area contributed by atoms with Gasteiger partial charge in [-0.2, -0.15) is 4.98 Å².